The van der Waals surface area contributed by atoms with E-state index in [0.29, 0.717) is 6.42 Å². The first kappa shape index (κ1) is 13.3. The maximum absolute atomic E-state index is 10.6. The summed E-state index contributed by atoms with van der Waals surface area (Å²) in [7, 11) is -4.56. The number of carbonyl (C=O) groups is 1. The Hall–Kier alpha value is -0.660. The van der Waals surface area contributed by atoms with Crippen molar-refractivity contribution in [2.75, 3.05) is 0 Å². The second-order valence-corrected chi connectivity index (χ2v) is 4.73. The molecule has 0 aliphatic heterocycles. The summed E-state index contributed by atoms with van der Waals surface area (Å²) in [6.45, 7) is 1.85. The van der Waals surface area contributed by atoms with E-state index in [9.17, 15) is 13.2 Å². The summed E-state index contributed by atoms with van der Waals surface area (Å²) in [5, 5.41) is 6.72. The summed E-state index contributed by atoms with van der Waals surface area (Å²) < 4.78 is 29.9. The first-order chi connectivity index (χ1) is 6.29. The average molecular weight is 225 g/mol. The topological polar surface area (TPSA) is 118 Å². The summed E-state index contributed by atoms with van der Waals surface area (Å²) in [5.74, 6) is -1.57. The van der Waals surface area contributed by atoms with Crippen LogP contribution in [0.25, 0.3) is 0 Å². The van der Waals surface area contributed by atoms with Crippen LogP contribution in [0.2, 0.25) is 0 Å². The van der Waals surface area contributed by atoms with Gasteiger partial charge in [-0.1, -0.05) is 13.3 Å². The Bertz CT molecular complexity index is 286. The first-order valence-electron chi connectivity index (χ1n) is 4.23. The lowest BCUT2D eigenvalue weighted by atomic mass is 10.1. The molecule has 6 nitrogen and oxygen atoms in total. The molecule has 14 heavy (non-hydrogen) atoms. The molecule has 2 atom stereocenters. The van der Waals surface area contributed by atoms with Crippen molar-refractivity contribution in [2.45, 2.75) is 37.5 Å². The second kappa shape index (κ2) is 5.28. The lowest BCUT2D eigenvalue weighted by Crippen LogP contribution is -2.36. The SMILES string of the molecule is CCCC(N)CC(C(=O)O)S(=O)(=O)O. The molecule has 7 heteroatoms. The van der Waals surface area contributed by atoms with Gasteiger partial charge in [0.05, 0.1) is 0 Å². The monoisotopic (exact) mass is 225 g/mol. The Labute approximate surface area is 82.9 Å². The highest BCUT2D eigenvalue weighted by atomic mass is 32.2. The second-order valence-electron chi connectivity index (χ2n) is 3.13. The minimum atomic E-state index is -4.56. The van der Waals surface area contributed by atoms with Gasteiger partial charge in [-0.2, -0.15) is 8.42 Å². The van der Waals surface area contributed by atoms with Gasteiger partial charge >= 0.3 is 5.97 Å². The number of rotatable bonds is 6. The molecule has 0 aromatic rings. The predicted octanol–water partition coefficient (Wildman–Crippen LogP) is -0.155. The molecule has 2 unspecified atom stereocenters. The molecule has 0 aliphatic rings. The van der Waals surface area contributed by atoms with Crippen molar-refractivity contribution in [2.24, 2.45) is 5.73 Å². The Morgan fingerprint density at radius 3 is 2.29 bits per heavy atom. The van der Waals surface area contributed by atoms with E-state index in [-0.39, 0.29) is 6.42 Å². The molecule has 4 N–H and O–H groups in total. The van der Waals surface area contributed by atoms with Crippen LogP contribution in [0.4, 0.5) is 0 Å². The van der Waals surface area contributed by atoms with Crippen LogP contribution in [0.3, 0.4) is 0 Å². The van der Waals surface area contributed by atoms with E-state index in [0.717, 1.165) is 6.42 Å². The van der Waals surface area contributed by atoms with E-state index in [4.69, 9.17) is 15.4 Å². The van der Waals surface area contributed by atoms with E-state index >= 15 is 0 Å². The largest absolute Gasteiger partial charge is 0.480 e. The third-order valence-corrected chi connectivity index (χ3v) is 2.92. The van der Waals surface area contributed by atoms with Crippen LogP contribution < -0.4 is 5.73 Å². The third-order valence-electron chi connectivity index (χ3n) is 1.81. The van der Waals surface area contributed by atoms with Crippen LogP contribution in [-0.2, 0) is 14.9 Å². The van der Waals surface area contributed by atoms with E-state index < -0.39 is 27.4 Å². The van der Waals surface area contributed by atoms with E-state index in [1.54, 1.807) is 0 Å². The van der Waals surface area contributed by atoms with Gasteiger partial charge in [0.25, 0.3) is 10.1 Å². The molecule has 0 spiro atoms. The van der Waals surface area contributed by atoms with Gasteiger partial charge in [-0.25, -0.2) is 0 Å². The van der Waals surface area contributed by atoms with Gasteiger partial charge < -0.3 is 10.8 Å². The molecule has 0 amide bonds. The fraction of sp³-hybridized carbons (Fsp3) is 0.857. The highest BCUT2D eigenvalue weighted by Gasteiger charge is 2.32. The quantitative estimate of drug-likeness (QED) is 0.541. The molecule has 0 rings (SSSR count). The van der Waals surface area contributed by atoms with Gasteiger partial charge in [-0.3, -0.25) is 9.35 Å². The molecule has 0 aromatic heterocycles. The van der Waals surface area contributed by atoms with Crippen LogP contribution in [-0.4, -0.2) is 35.3 Å². The van der Waals surface area contributed by atoms with Crippen molar-refractivity contribution in [3.63, 3.8) is 0 Å². The molecule has 0 aromatic carbocycles. The molecule has 84 valence electrons. The summed E-state index contributed by atoms with van der Waals surface area (Å²) in [6, 6.07) is -0.525. The predicted molar refractivity (Wildman–Crippen MR) is 50.5 cm³/mol. The van der Waals surface area contributed by atoms with E-state index in [1.807, 2.05) is 6.92 Å². The summed E-state index contributed by atoms with van der Waals surface area (Å²) >= 11 is 0. The van der Waals surface area contributed by atoms with E-state index in [2.05, 4.69) is 0 Å². The minimum absolute atomic E-state index is 0.262. The molecular formula is C7H15NO5S. The van der Waals surface area contributed by atoms with Crippen molar-refractivity contribution in [3.8, 4) is 0 Å². The van der Waals surface area contributed by atoms with Gasteiger partial charge in [0.1, 0.15) is 0 Å². The molecule has 0 aliphatic carbocycles. The zero-order valence-electron chi connectivity index (χ0n) is 7.88. The molecule has 0 bridgehead atoms. The van der Waals surface area contributed by atoms with Crippen LogP contribution in [0.5, 0.6) is 0 Å². The van der Waals surface area contributed by atoms with Gasteiger partial charge in [0.2, 0.25) is 0 Å². The van der Waals surface area contributed by atoms with Gasteiger partial charge in [-0.05, 0) is 12.8 Å². The standard InChI is InChI=1S/C7H15NO5S/c1-2-3-5(8)4-6(7(9)10)14(11,12)13/h5-6H,2-4,8H2,1H3,(H,9,10)(H,11,12,13). The first-order valence-corrected chi connectivity index (χ1v) is 5.74. The Kier molecular flexibility index (Phi) is 5.03. The highest BCUT2D eigenvalue weighted by Crippen LogP contribution is 2.10. The Balaban J connectivity index is 4.48. The van der Waals surface area contributed by atoms with Crippen LogP contribution in [0.15, 0.2) is 0 Å². The fourth-order valence-electron chi connectivity index (χ4n) is 1.11. The smallest absolute Gasteiger partial charge is 0.324 e. The zero-order valence-corrected chi connectivity index (χ0v) is 8.70. The van der Waals surface area contributed by atoms with Crippen molar-refractivity contribution in [3.05, 3.63) is 0 Å². The Morgan fingerprint density at radius 2 is 2.00 bits per heavy atom. The number of hydrogen-bond donors (Lipinski definition) is 3. The normalized spacial score (nSPS) is 16.2. The number of carboxylic acids is 1. The van der Waals surface area contributed by atoms with E-state index in [1.165, 1.54) is 0 Å². The zero-order chi connectivity index (χ0) is 11.4. The van der Waals surface area contributed by atoms with Crippen LogP contribution in [0, 0.1) is 0 Å². The molecule has 0 radical (unpaired) electrons. The third kappa shape index (κ3) is 4.54. The van der Waals surface area contributed by atoms with Crippen molar-refractivity contribution < 1.29 is 22.9 Å². The van der Waals surface area contributed by atoms with Gasteiger partial charge in [-0.15, -0.1) is 0 Å². The van der Waals surface area contributed by atoms with Crippen LogP contribution in [0.1, 0.15) is 26.2 Å². The van der Waals surface area contributed by atoms with Crippen molar-refractivity contribution in [1.29, 1.82) is 0 Å². The Morgan fingerprint density at radius 1 is 1.50 bits per heavy atom. The average Bonchev–Trinajstić information content (AvgIpc) is 1.98. The summed E-state index contributed by atoms with van der Waals surface area (Å²) in [4.78, 5) is 10.5. The summed E-state index contributed by atoms with van der Waals surface area (Å²) in [6.07, 6.45) is 1.00. The number of aliphatic carboxylic acids is 1. The highest BCUT2D eigenvalue weighted by molar-refractivity contribution is 7.87. The van der Waals surface area contributed by atoms with Crippen molar-refractivity contribution in [1.82, 2.24) is 0 Å². The maximum Gasteiger partial charge on any atom is 0.324 e. The summed E-state index contributed by atoms with van der Waals surface area (Å²) in [5.41, 5.74) is 5.48. The molecule has 0 saturated carbocycles. The fourth-order valence-corrected chi connectivity index (χ4v) is 1.86. The van der Waals surface area contributed by atoms with Gasteiger partial charge in [0, 0.05) is 6.04 Å². The number of hydrogen-bond acceptors (Lipinski definition) is 4. The van der Waals surface area contributed by atoms with Gasteiger partial charge in [0.15, 0.2) is 5.25 Å². The molecule has 0 heterocycles. The van der Waals surface area contributed by atoms with Crippen molar-refractivity contribution >= 4 is 16.1 Å². The molecule has 0 saturated heterocycles. The molecule has 0 fully saturated rings. The lowest BCUT2D eigenvalue weighted by Gasteiger charge is -2.14. The van der Waals surface area contributed by atoms with Crippen LogP contribution >= 0.6 is 0 Å². The lowest BCUT2D eigenvalue weighted by molar-refractivity contribution is -0.136. The maximum atomic E-state index is 10.6. The number of carboxylic acid groups (broad SMARTS) is 1. The minimum Gasteiger partial charge on any atom is -0.480 e. The number of nitrogens with two attached hydrogens (primary N) is 1. The molecular weight excluding hydrogens is 210 g/mol.